The number of aliphatic imine (C=N–C) groups is 1. The van der Waals surface area contributed by atoms with Crippen LogP contribution in [-0.4, -0.2) is 68.9 Å². The summed E-state index contributed by atoms with van der Waals surface area (Å²) < 4.78 is 5.59. The summed E-state index contributed by atoms with van der Waals surface area (Å²) in [6.45, 7) is 6.81. The number of likely N-dealkylation sites (N-methyl/N-ethyl adjacent to an activating group) is 2. The molecule has 2 aliphatic heterocycles. The summed E-state index contributed by atoms with van der Waals surface area (Å²) in [5.74, 6) is 0.883. The second kappa shape index (κ2) is 12.9. The Kier molecular flexibility index (Phi) is 9.34. The highest BCUT2D eigenvalue weighted by molar-refractivity contribution is 5.97. The van der Waals surface area contributed by atoms with Gasteiger partial charge in [-0.05, 0) is 82.1 Å². The van der Waals surface area contributed by atoms with Gasteiger partial charge in [-0.15, -0.1) is 6.58 Å². The molecule has 2 heterocycles. The molecule has 2 aliphatic rings. The third kappa shape index (κ3) is 7.53. The third-order valence-corrected chi connectivity index (χ3v) is 6.80. The molecule has 0 amide bonds. The lowest BCUT2D eigenvalue weighted by atomic mass is 10.0. The lowest BCUT2D eigenvalue weighted by Crippen LogP contribution is -2.33. The van der Waals surface area contributed by atoms with Crippen LogP contribution in [0.25, 0.3) is 5.70 Å². The quantitative estimate of drug-likeness (QED) is 0.334. The van der Waals surface area contributed by atoms with E-state index in [4.69, 9.17) is 9.73 Å². The molecule has 2 N–H and O–H groups in total. The Morgan fingerprint density at radius 3 is 2.75 bits per heavy atom. The Bertz CT molecular complexity index is 1080. The fraction of sp³-hybridized carbons (Fsp3) is 0.433. The van der Waals surface area contributed by atoms with Crippen molar-refractivity contribution in [2.24, 2.45) is 4.99 Å². The van der Waals surface area contributed by atoms with Gasteiger partial charge in [0.15, 0.2) is 0 Å². The van der Waals surface area contributed by atoms with E-state index in [0.717, 1.165) is 69.1 Å². The molecule has 1 saturated heterocycles. The van der Waals surface area contributed by atoms with Crippen LogP contribution in [0.2, 0.25) is 0 Å². The van der Waals surface area contributed by atoms with Crippen molar-refractivity contribution in [2.75, 3.05) is 46.1 Å². The predicted molar refractivity (Wildman–Crippen MR) is 151 cm³/mol. The first-order valence-corrected chi connectivity index (χ1v) is 13.1. The van der Waals surface area contributed by atoms with E-state index in [0.29, 0.717) is 6.10 Å². The predicted octanol–water partition coefficient (Wildman–Crippen LogP) is 4.76. The maximum absolute atomic E-state index is 5.59. The SMILES string of the molecule is C=CCCc1cccc(NC2=NC(c3cccc(CCCN(C)CC4OC4NC)c3)=CCCN2C)c1. The highest BCUT2D eigenvalue weighted by Gasteiger charge is 2.37. The molecule has 0 saturated carbocycles. The van der Waals surface area contributed by atoms with Gasteiger partial charge in [-0.3, -0.25) is 5.32 Å². The van der Waals surface area contributed by atoms with Crippen molar-refractivity contribution < 1.29 is 4.74 Å². The van der Waals surface area contributed by atoms with Gasteiger partial charge >= 0.3 is 0 Å². The van der Waals surface area contributed by atoms with Crippen LogP contribution >= 0.6 is 0 Å². The van der Waals surface area contributed by atoms with Gasteiger partial charge in [-0.25, -0.2) is 4.99 Å². The Balaban J connectivity index is 1.38. The van der Waals surface area contributed by atoms with Crippen LogP contribution in [0.15, 0.2) is 72.3 Å². The molecule has 192 valence electrons. The van der Waals surface area contributed by atoms with Crippen LogP contribution in [-0.2, 0) is 17.6 Å². The number of ether oxygens (including phenoxy) is 1. The normalized spacial score (nSPS) is 19.5. The van der Waals surface area contributed by atoms with Crippen molar-refractivity contribution in [3.8, 4) is 0 Å². The largest absolute Gasteiger partial charge is 0.352 e. The molecule has 0 radical (unpaired) electrons. The fourth-order valence-corrected chi connectivity index (χ4v) is 4.63. The average molecular weight is 488 g/mol. The van der Waals surface area contributed by atoms with Crippen LogP contribution in [0.4, 0.5) is 5.69 Å². The van der Waals surface area contributed by atoms with E-state index in [9.17, 15) is 0 Å². The van der Waals surface area contributed by atoms with Gasteiger partial charge in [0.2, 0.25) is 5.96 Å². The van der Waals surface area contributed by atoms with Crippen LogP contribution in [0.5, 0.6) is 0 Å². The molecule has 2 aromatic carbocycles. The summed E-state index contributed by atoms with van der Waals surface area (Å²) in [5.41, 5.74) is 5.94. The molecule has 6 heteroatoms. The summed E-state index contributed by atoms with van der Waals surface area (Å²) in [6.07, 6.45) is 9.91. The van der Waals surface area contributed by atoms with Crippen LogP contribution in [0.1, 0.15) is 36.0 Å². The minimum Gasteiger partial charge on any atom is -0.352 e. The van der Waals surface area contributed by atoms with E-state index >= 15 is 0 Å². The third-order valence-electron chi connectivity index (χ3n) is 6.80. The van der Waals surface area contributed by atoms with Gasteiger partial charge in [-0.2, -0.15) is 0 Å². The van der Waals surface area contributed by atoms with Crippen LogP contribution in [0, 0.1) is 0 Å². The van der Waals surface area contributed by atoms with Crippen molar-refractivity contribution in [1.29, 1.82) is 0 Å². The van der Waals surface area contributed by atoms with Gasteiger partial charge < -0.3 is 19.9 Å². The number of allylic oxidation sites excluding steroid dienone is 1. The Labute approximate surface area is 216 Å². The molecule has 0 aromatic heterocycles. The van der Waals surface area contributed by atoms with Gasteiger partial charge in [0.1, 0.15) is 12.3 Å². The summed E-state index contributed by atoms with van der Waals surface area (Å²) in [6, 6.07) is 17.4. The Morgan fingerprint density at radius 1 is 1.17 bits per heavy atom. The molecule has 1 fully saturated rings. The first-order chi connectivity index (χ1) is 17.6. The topological polar surface area (TPSA) is 55.4 Å². The smallest absolute Gasteiger partial charge is 0.203 e. The molecule has 2 aromatic rings. The Morgan fingerprint density at radius 2 is 1.97 bits per heavy atom. The number of anilines is 1. The number of hydrogen-bond acceptors (Lipinski definition) is 6. The molecule has 2 unspecified atom stereocenters. The van der Waals surface area contributed by atoms with E-state index in [1.165, 1.54) is 16.7 Å². The van der Waals surface area contributed by atoms with Gasteiger partial charge in [0, 0.05) is 31.4 Å². The molecule has 2 atom stereocenters. The number of guanidine groups is 1. The maximum atomic E-state index is 5.59. The standard InChI is InChI=1S/C30H41N5O/c1-5-6-11-24-13-8-16-26(21-24)32-30-33-27(17-10-19-35(30)4)25-15-7-12-23(20-25)14-9-18-34(3)22-28-29(31-2)36-28/h5,7-8,12-13,15-17,20-21,28-29,31H,1,6,9-11,14,18-19,22H2,2-4H3,(H,32,33). The summed E-state index contributed by atoms with van der Waals surface area (Å²) >= 11 is 0. The van der Waals surface area contributed by atoms with E-state index in [1.54, 1.807) is 0 Å². The minimum atomic E-state index is 0.233. The van der Waals surface area contributed by atoms with Gasteiger partial charge in [-0.1, -0.05) is 42.5 Å². The number of epoxide rings is 1. The highest BCUT2D eigenvalue weighted by atomic mass is 16.6. The summed E-state index contributed by atoms with van der Waals surface area (Å²) in [7, 11) is 6.23. The molecule has 0 aliphatic carbocycles. The zero-order valence-electron chi connectivity index (χ0n) is 22.0. The molecule has 6 nitrogen and oxygen atoms in total. The van der Waals surface area contributed by atoms with E-state index in [1.807, 2.05) is 13.1 Å². The summed E-state index contributed by atoms with van der Waals surface area (Å²) in [4.78, 5) is 9.63. The maximum Gasteiger partial charge on any atom is 0.203 e. The number of nitrogens with zero attached hydrogens (tertiary/aromatic N) is 3. The fourth-order valence-electron chi connectivity index (χ4n) is 4.63. The van der Waals surface area contributed by atoms with Gasteiger partial charge in [0.05, 0.1) is 5.70 Å². The lowest BCUT2D eigenvalue weighted by Gasteiger charge is -2.21. The van der Waals surface area contributed by atoms with Crippen molar-refractivity contribution in [3.05, 3.63) is 84.0 Å². The molecular formula is C30H41N5O. The lowest BCUT2D eigenvalue weighted by molar-refractivity contribution is 0.276. The van der Waals surface area contributed by atoms with Crippen molar-refractivity contribution >= 4 is 17.3 Å². The minimum absolute atomic E-state index is 0.233. The van der Waals surface area contributed by atoms with Crippen LogP contribution in [0.3, 0.4) is 0 Å². The first-order valence-electron chi connectivity index (χ1n) is 13.1. The number of benzene rings is 2. The zero-order valence-corrected chi connectivity index (χ0v) is 22.0. The second-order valence-electron chi connectivity index (χ2n) is 9.84. The molecule has 0 spiro atoms. The van der Waals surface area contributed by atoms with Crippen molar-refractivity contribution in [3.63, 3.8) is 0 Å². The van der Waals surface area contributed by atoms with Gasteiger partial charge in [0.25, 0.3) is 0 Å². The van der Waals surface area contributed by atoms with E-state index in [-0.39, 0.29) is 6.23 Å². The number of aryl methyl sites for hydroxylation is 2. The van der Waals surface area contributed by atoms with Crippen molar-refractivity contribution in [2.45, 2.75) is 44.4 Å². The number of hydrogen-bond donors (Lipinski definition) is 2. The number of nitrogens with one attached hydrogen (secondary N) is 2. The molecule has 36 heavy (non-hydrogen) atoms. The highest BCUT2D eigenvalue weighted by Crippen LogP contribution is 2.23. The molecule has 4 rings (SSSR count). The van der Waals surface area contributed by atoms with Crippen molar-refractivity contribution in [1.82, 2.24) is 15.1 Å². The zero-order chi connectivity index (χ0) is 25.3. The average Bonchev–Trinajstić information content (AvgIpc) is 3.66. The number of rotatable bonds is 12. The van der Waals surface area contributed by atoms with E-state index in [2.05, 4.69) is 95.7 Å². The molecular weight excluding hydrogens is 446 g/mol. The second-order valence-corrected chi connectivity index (χ2v) is 9.84. The Hall–Kier alpha value is -2.93. The van der Waals surface area contributed by atoms with Crippen LogP contribution < -0.4 is 10.6 Å². The first kappa shape index (κ1) is 26.1. The monoisotopic (exact) mass is 487 g/mol. The summed E-state index contributed by atoms with van der Waals surface area (Å²) in [5, 5.41) is 6.74. The van der Waals surface area contributed by atoms with E-state index < -0.39 is 0 Å². The molecule has 0 bridgehead atoms.